The molecule has 0 aromatic heterocycles. The van der Waals surface area contributed by atoms with Crippen LogP contribution in [0.2, 0.25) is 0 Å². The monoisotopic (exact) mass is 220 g/mol. The molecule has 0 aromatic rings. The average Bonchev–Trinajstić information content (AvgIpc) is 2.21. The largest absolute Gasteiger partial charge is 0.394 e. The molecule has 0 spiro atoms. The first kappa shape index (κ1) is 14.8. The van der Waals surface area contributed by atoms with Crippen LogP contribution < -0.4 is 0 Å². The number of aliphatic hydroxyl groups excluding tert-OH is 2. The smallest absolute Gasteiger partial charge is 0.109 e. The Kier molecular flexibility index (Phi) is 9.00. The van der Waals surface area contributed by atoms with Crippen molar-refractivity contribution in [3.63, 3.8) is 0 Å². The molecule has 2 unspecified atom stereocenters. The van der Waals surface area contributed by atoms with Crippen LogP contribution >= 0.6 is 0 Å². The van der Waals surface area contributed by atoms with Gasteiger partial charge in [-0.2, -0.15) is 0 Å². The van der Waals surface area contributed by atoms with Crippen molar-refractivity contribution in [1.29, 1.82) is 0 Å². The molecule has 4 heteroatoms. The molecule has 2 N–H and O–H groups in total. The van der Waals surface area contributed by atoms with E-state index in [4.69, 9.17) is 14.6 Å². The Morgan fingerprint density at radius 1 is 1.20 bits per heavy atom. The van der Waals surface area contributed by atoms with Crippen molar-refractivity contribution in [1.82, 2.24) is 0 Å². The third kappa shape index (κ3) is 7.73. The van der Waals surface area contributed by atoms with Crippen molar-refractivity contribution in [2.24, 2.45) is 0 Å². The summed E-state index contributed by atoms with van der Waals surface area (Å²) in [4.78, 5) is 0. The lowest BCUT2D eigenvalue weighted by molar-refractivity contribution is -0.0983. The third-order valence-corrected chi connectivity index (χ3v) is 2.04. The molecule has 0 aliphatic carbocycles. The second kappa shape index (κ2) is 9.09. The minimum Gasteiger partial charge on any atom is -0.394 e. The summed E-state index contributed by atoms with van der Waals surface area (Å²) >= 11 is 0. The van der Waals surface area contributed by atoms with Crippen LogP contribution in [0.5, 0.6) is 0 Å². The molecule has 0 aliphatic heterocycles. The van der Waals surface area contributed by atoms with E-state index in [1.54, 1.807) is 0 Å². The molecule has 4 nitrogen and oxygen atoms in total. The van der Waals surface area contributed by atoms with Gasteiger partial charge in [0.25, 0.3) is 0 Å². The Labute approximate surface area is 92.2 Å². The Bertz CT molecular complexity index is 139. The van der Waals surface area contributed by atoms with Crippen LogP contribution in [-0.2, 0) is 9.47 Å². The van der Waals surface area contributed by atoms with Crippen molar-refractivity contribution in [2.45, 2.75) is 51.9 Å². The molecule has 0 amide bonds. The number of unbranched alkanes of at least 4 members (excludes halogenated alkanes) is 1. The molecule has 2 atom stereocenters. The molecule has 0 saturated heterocycles. The van der Waals surface area contributed by atoms with Gasteiger partial charge in [0.05, 0.1) is 19.3 Å². The number of aliphatic hydroxyl groups is 2. The fraction of sp³-hybridized carbons (Fsp3) is 1.00. The van der Waals surface area contributed by atoms with Crippen molar-refractivity contribution in [3.05, 3.63) is 0 Å². The van der Waals surface area contributed by atoms with Gasteiger partial charge in [0.15, 0.2) is 0 Å². The maximum Gasteiger partial charge on any atom is 0.109 e. The summed E-state index contributed by atoms with van der Waals surface area (Å²) in [5.74, 6) is 0. The zero-order valence-corrected chi connectivity index (χ0v) is 9.98. The predicted octanol–water partition coefficient (Wildman–Crippen LogP) is 0.950. The quantitative estimate of drug-likeness (QED) is 0.568. The molecule has 0 aromatic carbocycles. The van der Waals surface area contributed by atoms with Gasteiger partial charge in [0, 0.05) is 6.61 Å². The van der Waals surface area contributed by atoms with E-state index in [1.807, 2.05) is 13.8 Å². The summed E-state index contributed by atoms with van der Waals surface area (Å²) in [5, 5.41) is 18.7. The van der Waals surface area contributed by atoms with Crippen LogP contribution in [0.15, 0.2) is 0 Å². The fourth-order valence-corrected chi connectivity index (χ4v) is 1.06. The van der Waals surface area contributed by atoms with E-state index in [9.17, 15) is 5.11 Å². The summed E-state index contributed by atoms with van der Waals surface area (Å²) in [6, 6.07) is 0. The van der Waals surface area contributed by atoms with Crippen LogP contribution in [0.3, 0.4) is 0 Å². The Morgan fingerprint density at radius 3 is 2.33 bits per heavy atom. The van der Waals surface area contributed by atoms with Gasteiger partial charge >= 0.3 is 0 Å². The minimum absolute atomic E-state index is 0.0784. The normalized spacial score (nSPS) is 15.6. The molecule has 0 heterocycles. The van der Waals surface area contributed by atoms with Crippen molar-refractivity contribution >= 4 is 0 Å². The molecule has 0 aliphatic rings. The van der Waals surface area contributed by atoms with Crippen LogP contribution in [0.4, 0.5) is 0 Å². The molecule has 15 heavy (non-hydrogen) atoms. The SMILES string of the molecule is CCCCOC(CO)C(O)COC(C)C. The van der Waals surface area contributed by atoms with Crippen molar-refractivity contribution < 1.29 is 19.7 Å². The molecule has 0 radical (unpaired) electrons. The highest BCUT2D eigenvalue weighted by Crippen LogP contribution is 2.03. The van der Waals surface area contributed by atoms with Gasteiger partial charge < -0.3 is 19.7 Å². The summed E-state index contributed by atoms with van der Waals surface area (Å²) in [6.07, 6.45) is 0.768. The van der Waals surface area contributed by atoms with E-state index in [2.05, 4.69) is 6.92 Å². The van der Waals surface area contributed by atoms with Crippen LogP contribution in [0.25, 0.3) is 0 Å². The summed E-state index contributed by atoms with van der Waals surface area (Å²) in [6.45, 7) is 6.47. The van der Waals surface area contributed by atoms with E-state index in [1.165, 1.54) is 0 Å². The van der Waals surface area contributed by atoms with E-state index < -0.39 is 12.2 Å². The third-order valence-electron chi connectivity index (χ3n) is 2.04. The first-order valence-electron chi connectivity index (χ1n) is 5.63. The molecule has 0 fully saturated rings. The lowest BCUT2D eigenvalue weighted by atomic mass is 10.2. The van der Waals surface area contributed by atoms with E-state index >= 15 is 0 Å². The molecule has 0 saturated carbocycles. The van der Waals surface area contributed by atoms with Gasteiger partial charge in [-0.1, -0.05) is 13.3 Å². The maximum absolute atomic E-state index is 9.65. The standard InChI is InChI=1S/C11H24O4/c1-4-5-6-14-11(7-12)10(13)8-15-9(2)3/h9-13H,4-8H2,1-3H3. The zero-order chi connectivity index (χ0) is 11.7. The second-order valence-corrected chi connectivity index (χ2v) is 3.89. The topological polar surface area (TPSA) is 58.9 Å². The van der Waals surface area contributed by atoms with Gasteiger partial charge in [-0.25, -0.2) is 0 Å². The molecular formula is C11H24O4. The highest BCUT2D eigenvalue weighted by atomic mass is 16.5. The van der Waals surface area contributed by atoms with Gasteiger partial charge in [-0.3, -0.25) is 0 Å². The Hall–Kier alpha value is -0.160. The highest BCUT2D eigenvalue weighted by Gasteiger charge is 2.19. The lowest BCUT2D eigenvalue weighted by Crippen LogP contribution is -2.36. The Balaban J connectivity index is 3.72. The van der Waals surface area contributed by atoms with Crippen LogP contribution in [0, 0.1) is 0 Å². The van der Waals surface area contributed by atoms with Crippen molar-refractivity contribution in [3.8, 4) is 0 Å². The second-order valence-electron chi connectivity index (χ2n) is 3.89. The van der Waals surface area contributed by atoms with Gasteiger partial charge in [0.1, 0.15) is 12.2 Å². The first-order valence-corrected chi connectivity index (χ1v) is 5.63. The van der Waals surface area contributed by atoms with Gasteiger partial charge in [-0.05, 0) is 20.3 Å². The van der Waals surface area contributed by atoms with E-state index in [-0.39, 0.29) is 19.3 Å². The van der Waals surface area contributed by atoms with Crippen LogP contribution in [-0.4, -0.2) is 48.3 Å². The van der Waals surface area contributed by atoms with Crippen LogP contribution in [0.1, 0.15) is 33.6 Å². The summed E-state index contributed by atoms with van der Waals surface area (Å²) < 4.78 is 10.6. The van der Waals surface area contributed by atoms with Crippen molar-refractivity contribution in [2.75, 3.05) is 19.8 Å². The first-order chi connectivity index (χ1) is 7.11. The van der Waals surface area contributed by atoms with Gasteiger partial charge in [0.2, 0.25) is 0 Å². The molecular weight excluding hydrogens is 196 g/mol. The lowest BCUT2D eigenvalue weighted by Gasteiger charge is -2.22. The number of ether oxygens (including phenoxy) is 2. The average molecular weight is 220 g/mol. The molecule has 0 rings (SSSR count). The van der Waals surface area contributed by atoms with Gasteiger partial charge in [-0.15, -0.1) is 0 Å². The maximum atomic E-state index is 9.65. The zero-order valence-electron chi connectivity index (χ0n) is 9.98. The van der Waals surface area contributed by atoms with E-state index in [0.29, 0.717) is 6.61 Å². The summed E-state index contributed by atoms with van der Waals surface area (Å²) in [7, 11) is 0. The molecule has 0 bridgehead atoms. The highest BCUT2D eigenvalue weighted by molar-refractivity contribution is 4.67. The minimum atomic E-state index is -0.755. The predicted molar refractivity (Wildman–Crippen MR) is 58.8 cm³/mol. The number of hydrogen-bond acceptors (Lipinski definition) is 4. The fourth-order valence-electron chi connectivity index (χ4n) is 1.06. The number of rotatable bonds is 9. The Morgan fingerprint density at radius 2 is 1.87 bits per heavy atom. The summed E-state index contributed by atoms with van der Waals surface area (Å²) in [5.41, 5.74) is 0. The number of hydrogen-bond donors (Lipinski definition) is 2. The molecule has 92 valence electrons. The van der Waals surface area contributed by atoms with E-state index in [0.717, 1.165) is 12.8 Å².